The van der Waals surface area contributed by atoms with Crippen molar-refractivity contribution in [3.05, 3.63) is 93.5 Å². The number of ether oxygens (including phenoxy) is 2. The fraction of sp³-hybridized carbons (Fsp3) is 0.192. The Morgan fingerprint density at radius 3 is 2.61 bits per heavy atom. The number of hydrazone groups is 1. The maximum Gasteiger partial charge on any atom is 0.343 e. The van der Waals surface area contributed by atoms with E-state index in [2.05, 4.69) is 40.3 Å². The molecule has 0 aliphatic heterocycles. The topological polar surface area (TPSA) is 77.0 Å². The Bertz CT molecular complexity index is 1170. The number of hydrogen-bond donors (Lipinski definition) is 1. The summed E-state index contributed by atoms with van der Waals surface area (Å²) in [5.41, 5.74) is 5.66. The SMILES string of the molecule is Cc1ccc(C(C)C)c(OCC(=O)NN=Cc2cccc(OC(=O)c3cccc(Br)c3)c2)c1. The average molecular weight is 509 g/mol. The number of halogens is 1. The molecule has 6 nitrogen and oxygen atoms in total. The van der Waals surface area contributed by atoms with Gasteiger partial charge in [0.05, 0.1) is 11.8 Å². The summed E-state index contributed by atoms with van der Waals surface area (Å²) in [6, 6.07) is 19.8. The van der Waals surface area contributed by atoms with Gasteiger partial charge in [0.25, 0.3) is 5.91 Å². The number of amides is 1. The molecule has 0 saturated carbocycles. The molecule has 0 fully saturated rings. The maximum atomic E-state index is 12.3. The highest BCUT2D eigenvalue weighted by atomic mass is 79.9. The van der Waals surface area contributed by atoms with E-state index in [1.807, 2.05) is 31.2 Å². The molecule has 0 aliphatic rings. The van der Waals surface area contributed by atoms with Gasteiger partial charge in [-0.25, -0.2) is 10.2 Å². The molecule has 0 atom stereocenters. The van der Waals surface area contributed by atoms with Gasteiger partial charge in [-0.15, -0.1) is 0 Å². The molecule has 0 aliphatic carbocycles. The number of benzene rings is 3. The Kier molecular flexibility index (Phi) is 8.38. The number of carbonyl (C=O) groups is 2. The van der Waals surface area contributed by atoms with Gasteiger partial charge < -0.3 is 9.47 Å². The molecule has 0 aromatic heterocycles. The monoisotopic (exact) mass is 508 g/mol. The molecule has 7 heteroatoms. The average Bonchev–Trinajstić information content (AvgIpc) is 2.78. The zero-order chi connectivity index (χ0) is 23.8. The van der Waals surface area contributed by atoms with Crippen LogP contribution in [0.1, 0.15) is 46.8 Å². The van der Waals surface area contributed by atoms with Crippen LogP contribution in [0.2, 0.25) is 0 Å². The molecule has 0 radical (unpaired) electrons. The first-order chi connectivity index (χ1) is 15.8. The van der Waals surface area contributed by atoms with Crippen molar-refractivity contribution in [2.45, 2.75) is 26.7 Å². The van der Waals surface area contributed by atoms with Gasteiger partial charge in [0.2, 0.25) is 0 Å². The maximum absolute atomic E-state index is 12.3. The highest BCUT2D eigenvalue weighted by molar-refractivity contribution is 9.10. The summed E-state index contributed by atoms with van der Waals surface area (Å²) in [6.45, 7) is 5.98. The number of nitrogens with one attached hydrogen (secondary N) is 1. The predicted molar refractivity (Wildman–Crippen MR) is 132 cm³/mol. The second-order valence-corrected chi connectivity index (χ2v) is 8.67. The van der Waals surface area contributed by atoms with Gasteiger partial charge in [0, 0.05) is 4.47 Å². The number of nitrogens with zero attached hydrogens (tertiary/aromatic N) is 1. The molecule has 33 heavy (non-hydrogen) atoms. The van der Waals surface area contributed by atoms with Gasteiger partial charge in [-0.3, -0.25) is 4.79 Å². The largest absolute Gasteiger partial charge is 0.483 e. The van der Waals surface area contributed by atoms with Crippen LogP contribution < -0.4 is 14.9 Å². The first-order valence-electron chi connectivity index (χ1n) is 10.4. The quantitative estimate of drug-likeness (QED) is 0.185. The summed E-state index contributed by atoms with van der Waals surface area (Å²) >= 11 is 3.34. The minimum atomic E-state index is -0.465. The molecule has 3 aromatic carbocycles. The number of esters is 1. The molecule has 0 heterocycles. The van der Waals surface area contributed by atoms with E-state index in [1.165, 1.54) is 6.21 Å². The Labute approximate surface area is 201 Å². The fourth-order valence-corrected chi connectivity index (χ4v) is 3.44. The molecule has 3 rings (SSSR count). The summed E-state index contributed by atoms with van der Waals surface area (Å²) in [4.78, 5) is 24.5. The molecule has 0 unspecified atom stereocenters. The lowest BCUT2D eigenvalue weighted by Gasteiger charge is -2.14. The third kappa shape index (κ3) is 7.29. The van der Waals surface area contributed by atoms with Crippen molar-refractivity contribution in [3.63, 3.8) is 0 Å². The van der Waals surface area contributed by atoms with Crippen molar-refractivity contribution in [2.75, 3.05) is 6.61 Å². The van der Waals surface area contributed by atoms with Crippen molar-refractivity contribution in [1.29, 1.82) is 0 Å². The van der Waals surface area contributed by atoms with Crippen LogP contribution in [0, 0.1) is 6.92 Å². The third-order valence-electron chi connectivity index (χ3n) is 4.68. The summed E-state index contributed by atoms with van der Waals surface area (Å²) in [7, 11) is 0. The summed E-state index contributed by atoms with van der Waals surface area (Å²) < 4.78 is 11.9. The Hall–Kier alpha value is -3.45. The Balaban J connectivity index is 1.55. The lowest BCUT2D eigenvalue weighted by Crippen LogP contribution is -2.25. The van der Waals surface area contributed by atoms with E-state index in [-0.39, 0.29) is 18.4 Å². The minimum absolute atomic E-state index is 0.148. The van der Waals surface area contributed by atoms with Gasteiger partial charge >= 0.3 is 5.97 Å². The van der Waals surface area contributed by atoms with Crippen LogP contribution in [0.3, 0.4) is 0 Å². The van der Waals surface area contributed by atoms with Crippen LogP contribution in [0.4, 0.5) is 0 Å². The predicted octanol–water partition coefficient (Wildman–Crippen LogP) is 5.63. The molecule has 3 aromatic rings. The van der Waals surface area contributed by atoms with Gasteiger partial charge in [-0.1, -0.05) is 60.1 Å². The van der Waals surface area contributed by atoms with Gasteiger partial charge in [-0.05, 0) is 65.9 Å². The molecule has 0 saturated heterocycles. The van der Waals surface area contributed by atoms with Crippen LogP contribution >= 0.6 is 15.9 Å². The van der Waals surface area contributed by atoms with Crippen molar-refractivity contribution in [2.24, 2.45) is 5.10 Å². The third-order valence-corrected chi connectivity index (χ3v) is 5.17. The zero-order valence-electron chi connectivity index (χ0n) is 18.7. The van der Waals surface area contributed by atoms with Gasteiger partial charge in [0.15, 0.2) is 6.61 Å². The molecule has 1 N–H and O–H groups in total. The molecule has 170 valence electrons. The van der Waals surface area contributed by atoms with E-state index in [1.54, 1.807) is 42.5 Å². The van der Waals surface area contributed by atoms with Crippen LogP contribution in [0.5, 0.6) is 11.5 Å². The molecule has 0 spiro atoms. The van der Waals surface area contributed by atoms with Crippen molar-refractivity contribution in [1.82, 2.24) is 5.43 Å². The summed E-state index contributed by atoms with van der Waals surface area (Å²) in [5.74, 6) is 0.516. The first kappa shape index (κ1) is 24.2. The van der Waals surface area contributed by atoms with E-state index in [0.29, 0.717) is 22.6 Å². The van der Waals surface area contributed by atoms with E-state index < -0.39 is 5.97 Å². The van der Waals surface area contributed by atoms with Gasteiger partial charge in [0.1, 0.15) is 11.5 Å². The summed E-state index contributed by atoms with van der Waals surface area (Å²) in [5, 5.41) is 3.97. The van der Waals surface area contributed by atoms with Crippen LogP contribution in [0.15, 0.2) is 76.3 Å². The highest BCUT2D eigenvalue weighted by Crippen LogP contribution is 2.27. The standard InChI is InChI=1S/C26H25BrN2O4/c1-17(2)23-11-10-18(3)12-24(23)32-16-25(30)29-28-15-19-6-4-9-22(13-19)33-26(31)20-7-5-8-21(27)14-20/h4-15,17H,16H2,1-3H3,(H,29,30). The first-order valence-corrected chi connectivity index (χ1v) is 11.2. The van der Waals surface area contributed by atoms with Crippen LogP contribution in [-0.4, -0.2) is 24.7 Å². The lowest BCUT2D eigenvalue weighted by atomic mass is 10.0. The molecular formula is C26H25BrN2O4. The second-order valence-electron chi connectivity index (χ2n) is 7.75. The number of rotatable bonds is 8. The lowest BCUT2D eigenvalue weighted by molar-refractivity contribution is -0.123. The Morgan fingerprint density at radius 1 is 1.06 bits per heavy atom. The fourth-order valence-electron chi connectivity index (χ4n) is 3.04. The Morgan fingerprint density at radius 2 is 1.85 bits per heavy atom. The zero-order valence-corrected chi connectivity index (χ0v) is 20.3. The van der Waals surface area contributed by atoms with E-state index in [4.69, 9.17) is 9.47 Å². The van der Waals surface area contributed by atoms with Crippen LogP contribution in [-0.2, 0) is 4.79 Å². The smallest absolute Gasteiger partial charge is 0.343 e. The number of aryl methyl sites for hydroxylation is 1. The highest BCUT2D eigenvalue weighted by Gasteiger charge is 2.11. The number of carbonyl (C=O) groups excluding carboxylic acids is 2. The van der Waals surface area contributed by atoms with E-state index >= 15 is 0 Å². The normalized spacial score (nSPS) is 10.9. The van der Waals surface area contributed by atoms with Crippen molar-refractivity contribution < 1.29 is 19.1 Å². The van der Waals surface area contributed by atoms with Crippen molar-refractivity contribution >= 4 is 34.0 Å². The van der Waals surface area contributed by atoms with Gasteiger partial charge in [-0.2, -0.15) is 5.10 Å². The summed E-state index contributed by atoms with van der Waals surface area (Å²) in [6.07, 6.45) is 1.47. The number of hydrogen-bond acceptors (Lipinski definition) is 5. The van der Waals surface area contributed by atoms with Crippen LogP contribution in [0.25, 0.3) is 0 Å². The second kappa shape index (κ2) is 11.4. The van der Waals surface area contributed by atoms with Crippen molar-refractivity contribution in [3.8, 4) is 11.5 Å². The molecule has 0 bridgehead atoms. The van der Waals surface area contributed by atoms with E-state index in [0.717, 1.165) is 15.6 Å². The minimum Gasteiger partial charge on any atom is -0.483 e. The molecular weight excluding hydrogens is 484 g/mol. The van der Waals surface area contributed by atoms with E-state index in [9.17, 15) is 9.59 Å². The molecule has 1 amide bonds.